The Morgan fingerprint density at radius 2 is 1.58 bits per heavy atom. The molecule has 0 N–H and O–H groups in total. The van der Waals surface area contributed by atoms with Crippen molar-refractivity contribution < 1.29 is 8.42 Å². The molecule has 0 aromatic carbocycles. The summed E-state index contributed by atoms with van der Waals surface area (Å²) in [6.45, 7) is 2.05. The highest BCUT2D eigenvalue weighted by Gasteiger charge is 2.35. The monoisotopic (exact) mass is 354 g/mol. The van der Waals surface area contributed by atoms with Crippen molar-refractivity contribution in [2.45, 2.75) is 25.8 Å². The average Bonchev–Trinajstić information content (AvgIpc) is 3.08. The lowest BCUT2D eigenvalue weighted by Crippen LogP contribution is -2.45. The van der Waals surface area contributed by atoms with Gasteiger partial charge < -0.3 is 9.80 Å². The molecule has 3 heterocycles. The van der Waals surface area contributed by atoms with Gasteiger partial charge in [-0.05, 0) is 19.3 Å². The Morgan fingerprint density at radius 1 is 0.917 bits per heavy atom. The molecule has 9 heteroatoms. The van der Waals surface area contributed by atoms with Gasteiger partial charge in [-0.25, -0.2) is 4.98 Å². The molecule has 2 aliphatic heterocycles. The third kappa shape index (κ3) is 3.07. The molecule has 24 heavy (non-hydrogen) atoms. The van der Waals surface area contributed by atoms with Crippen LogP contribution in [-0.2, 0) is 23.2 Å². The fraction of sp³-hybridized carbons (Fsp3) is 0.733. The number of anilines is 2. The van der Waals surface area contributed by atoms with Crippen molar-refractivity contribution in [3.05, 3.63) is 11.3 Å². The molecule has 8 nitrogen and oxygen atoms in total. The van der Waals surface area contributed by atoms with Crippen molar-refractivity contribution >= 4 is 22.0 Å². The van der Waals surface area contributed by atoms with Crippen LogP contribution in [0.1, 0.15) is 24.1 Å². The number of hydrogen-bond acceptors (Lipinski definition) is 6. The van der Waals surface area contributed by atoms with Crippen molar-refractivity contribution in [1.82, 2.24) is 18.6 Å². The second kappa shape index (κ2) is 6.45. The average molecular weight is 354 g/mol. The van der Waals surface area contributed by atoms with Gasteiger partial charge in [0.15, 0.2) is 0 Å². The summed E-state index contributed by atoms with van der Waals surface area (Å²) >= 11 is 0. The molecule has 0 unspecified atom stereocenters. The van der Waals surface area contributed by atoms with Gasteiger partial charge in [-0.2, -0.15) is 22.0 Å². The Morgan fingerprint density at radius 3 is 2.17 bits per heavy atom. The second-order valence-electron chi connectivity index (χ2n) is 6.76. The first-order valence-corrected chi connectivity index (χ1v) is 9.70. The van der Waals surface area contributed by atoms with Gasteiger partial charge in [-0.15, -0.1) is 0 Å². The smallest absolute Gasteiger partial charge is 0.282 e. The first-order chi connectivity index (χ1) is 11.3. The molecule has 0 aliphatic carbocycles. The van der Waals surface area contributed by atoms with Crippen molar-refractivity contribution in [1.29, 1.82) is 0 Å². The van der Waals surface area contributed by atoms with E-state index >= 15 is 0 Å². The van der Waals surface area contributed by atoms with Gasteiger partial charge in [0.05, 0.1) is 12.2 Å². The Bertz CT molecular complexity index is 713. The molecule has 0 saturated carbocycles. The number of nitrogens with zero attached hydrogens (tertiary/aromatic N) is 6. The molecular formula is C15H26N6O2S. The molecule has 1 aromatic heterocycles. The molecule has 3 rings (SSSR count). The summed E-state index contributed by atoms with van der Waals surface area (Å²) in [6, 6.07) is 0. The summed E-state index contributed by atoms with van der Waals surface area (Å²) in [5, 5.41) is 0. The molecule has 1 aromatic rings. The number of rotatable bonds is 4. The lowest BCUT2D eigenvalue weighted by atomic mass is 10.1. The topological polar surface area (TPSA) is 72.9 Å². The zero-order valence-corrected chi connectivity index (χ0v) is 15.7. The van der Waals surface area contributed by atoms with Crippen molar-refractivity contribution in [3.63, 3.8) is 0 Å². The lowest BCUT2D eigenvalue weighted by molar-refractivity contribution is 0.341. The van der Waals surface area contributed by atoms with E-state index in [1.807, 2.05) is 38.0 Å². The van der Waals surface area contributed by atoms with Gasteiger partial charge in [-0.3, -0.25) is 0 Å². The van der Waals surface area contributed by atoms with Gasteiger partial charge in [0, 0.05) is 53.4 Å². The molecular weight excluding hydrogens is 328 g/mol. The van der Waals surface area contributed by atoms with Crippen molar-refractivity contribution in [3.8, 4) is 0 Å². The third-order valence-corrected chi connectivity index (χ3v) is 6.52. The first-order valence-electron chi connectivity index (χ1n) is 8.30. The molecule has 0 bridgehead atoms. The summed E-state index contributed by atoms with van der Waals surface area (Å²) < 4.78 is 28.8. The summed E-state index contributed by atoms with van der Waals surface area (Å²) in [5.41, 5.74) is 1.87. The third-order valence-electron chi connectivity index (χ3n) is 4.54. The van der Waals surface area contributed by atoms with Crippen LogP contribution in [0.15, 0.2) is 0 Å². The maximum atomic E-state index is 12.8. The second-order valence-corrected chi connectivity index (χ2v) is 8.69. The van der Waals surface area contributed by atoms with Crippen LogP contribution in [0.25, 0.3) is 0 Å². The normalized spacial score (nSPS) is 19.3. The van der Waals surface area contributed by atoms with E-state index in [9.17, 15) is 8.42 Å². The van der Waals surface area contributed by atoms with Crippen LogP contribution in [0.2, 0.25) is 0 Å². The van der Waals surface area contributed by atoms with E-state index in [0.717, 1.165) is 29.9 Å². The zero-order chi connectivity index (χ0) is 17.5. The van der Waals surface area contributed by atoms with Gasteiger partial charge in [0.25, 0.3) is 10.2 Å². The maximum Gasteiger partial charge on any atom is 0.282 e. The number of aromatic nitrogens is 2. The summed E-state index contributed by atoms with van der Waals surface area (Å²) in [6.07, 6.45) is 2.53. The van der Waals surface area contributed by atoms with Gasteiger partial charge >= 0.3 is 0 Å². The Balaban J connectivity index is 1.95. The minimum atomic E-state index is -3.39. The summed E-state index contributed by atoms with van der Waals surface area (Å²) in [4.78, 5) is 13.0. The van der Waals surface area contributed by atoms with Gasteiger partial charge in [-0.1, -0.05) is 0 Å². The largest absolute Gasteiger partial charge is 0.362 e. The van der Waals surface area contributed by atoms with Crippen LogP contribution in [0.5, 0.6) is 0 Å². The molecule has 1 saturated heterocycles. The number of fused-ring (bicyclic) bond motifs is 1. The fourth-order valence-corrected chi connectivity index (χ4v) is 4.88. The molecule has 2 aliphatic rings. The maximum absolute atomic E-state index is 12.8. The standard InChI is InChI=1S/C15H26N6O2S/c1-18(2)14-12-7-10-21(24(22,23)20-8-5-6-9-20)11-13(12)16-15(17-14)19(3)4/h5-11H2,1-4H3. The van der Waals surface area contributed by atoms with E-state index in [0.29, 0.717) is 38.5 Å². The van der Waals surface area contributed by atoms with Crippen molar-refractivity contribution in [2.75, 3.05) is 57.6 Å². The summed E-state index contributed by atoms with van der Waals surface area (Å²) in [5.74, 6) is 1.49. The van der Waals surface area contributed by atoms with Crippen LogP contribution < -0.4 is 9.80 Å². The first kappa shape index (κ1) is 17.4. The van der Waals surface area contributed by atoms with Crippen LogP contribution in [0.3, 0.4) is 0 Å². The Hall–Kier alpha value is -1.45. The zero-order valence-electron chi connectivity index (χ0n) is 14.9. The molecule has 1 fully saturated rings. The van der Waals surface area contributed by atoms with E-state index in [4.69, 9.17) is 0 Å². The van der Waals surface area contributed by atoms with E-state index in [1.54, 1.807) is 8.61 Å². The predicted molar refractivity (Wildman–Crippen MR) is 94.5 cm³/mol. The van der Waals surface area contributed by atoms with Crippen LogP contribution in [0.4, 0.5) is 11.8 Å². The minimum absolute atomic E-state index is 0.318. The summed E-state index contributed by atoms with van der Waals surface area (Å²) in [7, 11) is 4.30. The van der Waals surface area contributed by atoms with Crippen LogP contribution >= 0.6 is 0 Å². The fourth-order valence-electron chi connectivity index (χ4n) is 3.22. The molecule has 134 valence electrons. The quantitative estimate of drug-likeness (QED) is 0.775. The highest BCUT2D eigenvalue weighted by molar-refractivity contribution is 7.86. The highest BCUT2D eigenvalue weighted by Crippen LogP contribution is 2.29. The molecule has 0 spiro atoms. The van der Waals surface area contributed by atoms with Crippen LogP contribution in [0, 0.1) is 0 Å². The molecule has 0 radical (unpaired) electrons. The highest BCUT2D eigenvalue weighted by atomic mass is 32.2. The SMILES string of the molecule is CN(C)c1nc2c(c(N(C)C)n1)CCN(S(=O)(=O)N1CCCC1)C2. The molecule has 0 atom stereocenters. The number of hydrogen-bond donors (Lipinski definition) is 0. The Labute approximate surface area is 144 Å². The van der Waals surface area contributed by atoms with Crippen molar-refractivity contribution in [2.24, 2.45) is 0 Å². The van der Waals surface area contributed by atoms with Gasteiger partial charge in [0.2, 0.25) is 5.95 Å². The van der Waals surface area contributed by atoms with Gasteiger partial charge in [0.1, 0.15) is 5.82 Å². The minimum Gasteiger partial charge on any atom is -0.362 e. The van der Waals surface area contributed by atoms with Crippen LogP contribution in [-0.4, -0.2) is 74.8 Å². The van der Waals surface area contributed by atoms with E-state index < -0.39 is 10.2 Å². The lowest BCUT2D eigenvalue weighted by Gasteiger charge is -2.32. The molecule has 0 amide bonds. The van der Waals surface area contributed by atoms with E-state index in [2.05, 4.69) is 9.97 Å². The van der Waals surface area contributed by atoms with E-state index in [1.165, 1.54) is 0 Å². The Kier molecular flexibility index (Phi) is 4.67. The predicted octanol–water partition coefficient (Wildman–Crippen LogP) is 0.307. The van der Waals surface area contributed by atoms with E-state index in [-0.39, 0.29) is 0 Å².